The summed E-state index contributed by atoms with van der Waals surface area (Å²) in [5.74, 6) is 1.73. The third kappa shape index (κ3) is 2.67. The van der Waals surface area contributed by atoms with Crippen LogP contribution in [0.25, 0.3) is 0 Å². The van der Waals surface area contributed by atoms with Crippen LogP contribution in [0.4, 0.5) is 0 Å². The van der Waals surface area contributed by atoms with Crippen molar-refractivity contribution in [3.8, 4) is 0 Å². The van der Waals surface area contributed by atoms with Crippen molar-refractivity contribution in [2.75, 3.05) is 11.5 Å². The van der Waals surface area contributed by atoms with Crippen molar-refractivity contribution in [1.82, 2.24) is 9.78 Å². The molecule has 1 aromatic rings. The summed E-state index contributed by atoms with van der Waals surface area (Å²) < 4.78 is 7.01. The second-order valence-electron chi connectivity index (χ2n) is 4.72. The fraction of sp³-hybridized carbons (Fsp3) is 0.667. The van der Waals surface area contributed by atoms with E-state index in [-0.39, 0.29) is 18.0 Å². The van der Waals surface area contributed by atoms with E-state index in [0.29, 0.717) is 16.4 Å². The van der Waals surface area contributed by atoms with E-state index in [0.717, 1.165) is 17.9 Å². The van der Waals surface area contributed by atoms with Crippen molar-refractivity contribution in [1.29, 1.82) is 0 Å². The van der Waals surface area contributed by atoms with Gasteiger partial charge >= 0.3 is 5.97 Å². The van der Waals surface area contributed by atoms with Gasteiger partial charge in [-0.1, -0.05) is 25.4 Å². The van der Waals surface area contributed by atoms with Gasteiger partial charge in [0.2, 0.25) is 0 Å². The lowest BCUT2D eigenvalue weighted by molar-refractivity contribution is 0.0355. The number of aryl methyl sites for hydroxylation is 1. The van der Waals surface area contributed by atoms with Crippen LogP contribution in [0, 0.1) is 0 Å². The number of carbonyl (C=O) groups is 1. The number of carbonyl (C=O) groups excluding carboxylic acids is 1. The van der Waals surface area contributed by atoms with E-state index in [9.17, 15) is 4.79 Å². The summed E-state index contributed by atoms with van der Waals surface area (Å²) in [6.45, 7) is 3.97. The second-order valence-corrected chi connectivity index (χ2v) is 6.23. The zero-order valence-electron chi connectivity index (χ0n) is 10.8. The highest BCUT2D eigenvalue weighted by atomic mass is 35.5. The number of thioether (sulfide) groups is 1. The number of esters is 1. The molecule has 0 radical (unpaired) electrons. The van der Waals surface area contributed by atoms with Crippen molar-refractivity contribution in [2.24, 2.45) is 7.05 Å². The van der Waals surface area contributed by atoms with Gasteiger partial charge < -0.3 is 4.74 Å². The van der Waals surface area contributed by atoms with Crippen molar-refractivity contribution in [3.63, 3.8) is 0 Å². The van der Waals surface area contributed by atoms with Gasteiger partial charge in [0.05, 0.1) is 5.69 Å². The fourth-order valence-electron chi connectivity index (χ4n) is 1.93. The molecule has 0 bridgehead atoms. The smallest absolute Gasteiger partial charge is 0.343 e. The molecule has 1 saturated heterocycles. The van der Waals surface area contributed by atoms with Crippen LogP contribution in [0.5, 0.6) is 0 Å². The molecule has 1 atom stereocenters. The first-order chi connectivity index (χ1) is 8.50. The lowest BCUT2D eigenvalue weighted by Crippen LogP contribution is -2.18. The largest absolute Gasteiger partial charge is 0.458 e. The van der Waals surface area contributed by atoms with E-state index in [2.05, 4.69) is 5.10 Å². The lowest BCUT2D eigenvalue weighted by atomic mass is 10.1. The van der Waals surface area contributed by atoms with Gasteiger partial charge in [0.15, 0.2) is 0 Å². The average molecular weight is 289 g/mol. The maximum Gasteiger partial charge on any atom is 0.343 e. The SMILES string of the molecule is CC(C)c1nn(C)c(Cl)c1C(=O)O[C@H]1CCSC1. The van der Waals surface area contributed by atoms with Gasteiger partial charge in [-0.25, -0.2) is 4.79 Å². The summed E-state index contributed by atoms with van der Waals surface area (Å²) in [6.07, 6.45) is 0.935. The number of rotatable bonds is 3. The van der Waals surface area contributed by atoms with Crippen molar-refractivity contribution < 1.29 is 9.53 Å². The molecule has 1 aromatic heterocycles. The zero-order valence-corrected chi connectivity index (χ0v) is 12.3. The van der Waals surface area contributed by atoms with Crippen molar-refractivity contribution in [2.45, 2.75) is 32.3 Å². The molecule has 0 spiro atoms. The van der Waals surface area contributed by atoms with Crippen LogP contribution >= 0.6 is 23.4 Å². The Kier molecular flexibility index (Phi) is 4.22. The van der Waals surface area contributed by atoms with Crippen LogP contribution in [0.15, 0.2) is 0 Å². The molecule has 2 heterocycles. The molecule has 0 amide bonds. The van der Waals surface area contributed by atoms with Gasteiger partial charge in [-0.3, -0.25) is 4.68 Å². The summed E-state index contributed by atoms with van der Waals surface area (Å²) in [4.78, 5) is 12.2. The summed E-state index contributed by atoms with van der Waals surface area (Å²) in [7, 11) is 1.73. The van der Waals surface area contributed by atoms with Crippen LogP contribution in [-0.4, -0.2) is 33.4 Å². The van der Waals surface area contributed by atoms with Gasteiger partial charge in [0.25, 0.3) is 0 Å². The van der Waals surface area contributed by atoms with Gasteiger partial charge in [-0.2, -0.15) is 16.9 Å². The fourth-order valence-corrected chi connectivity index (χ4v) is 3.24. The van der Waals surface area contributed by atoms with E-state index in [1.165, 1.54) is 4.68 Å². The number of aromatic nitrogens is 2. The predicted octanol–water partition coefficient (Wildman–Crippen LogP) is 2.86. The monoisotopic (exact) mass is 288 g/mol. The Balaban J connectivity index is 2.22. The first-order valence-corrected chi connectivity index (χ1v) is 7.55. The van der Waals surface area contributed by atoms with E-state index in [4.69, 9.17) is 16.3 Å². The number of hydrogen-bond acceptors (Lipinski definition) is 4. The minimum atomic E-state index is -0.343. The number of ether oxygens (including phenoxy) is 1. The van der Waals surface area contributed by atoms with E-state index in [1.54, 1.807) is 7.05 Å². The van der Waals surface area contributed by atoms with Crippen LogP contribution in [-0.2, 0) is 11.8 Å². The molecule has 2 rings (SSSR count). The quantitative estimate of drug-likeness (QED) is 0.802. The molecule has 100 valence electrons. The van der Waals surface area contributed by atoms with E-state index < -0.39 is 0 Å². The minimum absolute atomic E-state index is 0.0128. The minimum Gasteiger partial charge on any atom is -0.458 e. The Hall–Kier alpha value is -0.680. The second kappa shape index (κ2) is 5.53. The maximum absolute atomic E-state index is 12.2. The summed E-state index contributed by atoms with van der Waals surface area (Å²) >= 11 is 7.94. The van der Waals surface area contributed by atoms with Gasteiger partial charge in [-0.15, -0.1) is 0 Å². The summed E-state index contributed by atoms with van der Waals surface area (Å²) in [5.41, 5.74) is 1.13. The number of nitrogens with zero attached hydrogens (tertiary/aromatic N) is 2. The van der Waals surface area contributed by atoms with Crippen molar-refractivity contribution >= 4 is 29.3 Å². The van der Waals surface area contributed by atoms with E-state index >= 15 is 0 Å². The normalized spacial score (nSPS) is 19.5. The number of halogens is 1. The molecule has 1 fully saturated rings. The molecule has 0 saturated carbocycles. The van der Waals surface area contributed by atoms with Gasteiger partial charge in [-0.05, 0) is 18.1 Å². The van der Waals surface area contributed by atoms with Gasteiger partial charge in [0, 0.05) is 12.8 Å². The molecule has 6 heteroatoms. The highest BCUT2D eigenvalue weighted by molar-refractivity contribution is 7.99. The first-order valence-electron chi connectivity index (χ1n) is 6.01. The molecule has 18 heavy (non-hydrogen) atoms. The predicted molar refractivity (Wildman–Crippen MR) is 73.5 cm³/mol. The Morgan fingerprint density at radius 2 is 2.33 bits per heavy atom. The molecule has 0 aliphatic carbocycles. The third-order valence-corrected chi connectivity index (χ3v) is 4.48. The van der Waals surface area contributed by atoms with Crippen LogP contribution in [0.3, 0.4) is 0 Å². The molecule has 4 nitrogen and oxygen atoms in total. The summed E-state index contributed by atoms with van der Waals surface area (Å²) in [5, 5.41) is 4.64. The topological polar surface area (TPSA) is 44.1 Å². The van der Waals surface area contributed by atoms with Crippen LogP contribution in [0.1, 0.15) is 42.2 Å². The summed E-state index contributed by atoms with van der Waals surface area (Å²) in [6, 6.07) is 0. The highest BCUT2D eigenvalue weighted by Gasteiger charge is 2.28. The van der Waals surface area contributed by atoms with Crippen LogP contribution in [0.2, 0.25) is 5.15 Å². The first kappa shape index (κ1) is 13.7. The molecule has 1 aliphatic rings. The Bertz CT molecular complexity index is 453. The number of hydrogen-bond donors (Lipinski definition) is 0. The Labute approximate surface area is 116 Å². The Morgan fingerprint density at radius 3 is 2.89 bits per heavy atom. The van der Waals surface area contributed by atoms with Crippen molar-refractivity contribution in [3.05, 3.63) is 16.4 Å². The highest BCUT2D eigenvalue weighted by Crippen LogP contribution is 2.28. The lowest BCUT2D eigenvalue weighted by Gasteiger charge is -2.11. The molecule has 0 N–H and O–H groups in total. The standard InChI is InChI=1S/C12H17ClN2O2S/c1-7(2)10-9(11(13)15(3)14-10)12(16)17-8-4-5-18-6-8/h7-8H,4-6H2,1-3H3/t8-/m0/s1. The molecular formula is C12H17ClN2O2S. The Morgan fingerprint density at radius 1 is 1.61 bits per heavy atom. The molecule has 1 aliphatic heterocycles. The molecular weight excluding hydrogens is 272 g/mol. The zero-order chi connectivity index (χ0) is 13.3. The van der Waals surface area contributed by atoms with Gasteiger partial charge in [0.1, 0.15) is 16.8 Å². The average Bonchev–Trinajstić information content (AvgIpc) is 2.88. The third-order valence-electron chi connectivity index (χ3n) is 2.92. The molecule has 0 aromatic carbocycles. The molecule has 0 unspecified atom stereocenters. The maximum atomic E-state index is 12.2. The van der Waals surface area contributed by atoms with E-state index in [1.807, 2.05) is 25.6 Å². The van der Waals surface area contributed by atoms with Crippen LogP contribution < -0.4 is 0 Å².